The highest BCUT2D eigenvalue weighted by Crippen LogP contribution is 2.29. The van der Waals surface area contributed by atoms with Crippen LogP contribution in [0.25, 0.3) is 0 Å². The third-order valence-electron chi connectivity index (χ3n) is 6.29. The van der Waals surface area contributed by atoms with Crippen molar-refractivity contribution in [3.63, 3.8) is 0 Å². The van der Waals surface area contributed by atoms with Gasteiger partial charge in [0.15, 0.2) is 6.04 Å². The number of hydrogen-bond acceptors (Lipinski definition) is 4. The van der Waals surface area contributed by atoms with E-state index in [1.807, 2.05) is 67.6 Å². The number of benzene rings is 3. The molecule has 0 saturated heterocycles. The largest absolute Gasteiger partial charge is 0.464 e. The molecule has 4 heteroatoms. The molecule has 0 aliphatic carbocycles. The Morgan fingerprint density at radius 1 is 0.829 bits per heavy atom. The minimum atomic E-state index is -0.648. The van der Waals surface area contributed by atoms with Gasteiger partial charge < -0.3 is 10.5 Å². The fourth-order valence-electron chi connectivity index (χ4n) is 4.59. The maximum atomic E-state index is 13.0. The summed E-state index contributed by atoms with van der Waals surface area (Å²) in [4.78, 5) is 18.0. The summed E-state index contributed by atoms with van der Waals surface area (Å²) in [6.45, 7) is 6.49. The first-order valence-corrected chi connectivity index (χ1v) is 12.7. The van der Waals surface area contributed by atoms with Gasteiger partial charge in [-0.2, -0.15) is 0 Å². The van der Waals surface area contributed by atoms with Crippen LogP contribution < -0.4 is 5.73 Å². The van der Waals surface area contributed by atoms with Gasteiger partial charge in [-0.05, 0) is 30.9 Å². The molecule has 0 saturated carbocycles. The molecule has 184 valence electrons. The molecule has 0 bridgehead atoms. The van der Waals surface area contributed by atoms with E-state index in [1.165, 1.54) is 0 Å². The number of esters is 1. The first-order chi connectivity index (χ1) is 17.0. The first kappa shape index (κ1) is 26.4. The van der Waals surface area contributed by atoms with E-state index in [1.54, 1.807) is 0 Å². The van der Waals surface area contributed by atoms with Crippen LogP contribution in [-0.4, -0.2) is 24.3 Å². The van der Waals surface area contributed by atoms with Crippen molar-refractivity contribution in [3.8, 4) is 0 Å². The van der Waals surface area contributed by atoms with E-state index < -0.39 is 6.04 Å². The summed E-state index contributed by atoms with van der Waals surface area (Å²) in [5.41, 5.74) is 11.4. The molecule has 0 spiro atoms. The summed E-state index contributed by atoms with van der Waals surface area (Å²) < 4.78 is 5.42. The lowest BCUT2D eigenvalue weighted by molar-refractivity contribution is -0.144. The number of carbonyl (C=O) groups excluding carboxylic acids is 1. The van der Waals surface area contributed by atoms with Crippen molar-refractivity contribution >= 4 is 11.7 Å². The number of hydrogen-bond donors (Lipinski definition) is 1. The molecule has 0 aromatic heterocycles. The highest BCUT2D eigenvalue weighted by molar-refractivity contribution is 6.13. The molecule has 0 aliphatic heterocycles. The van der Waals surface area contributed by atoms with Crippen molar-refractivity contribution < 1.29 is 9.53 Å². The first-order valence-electron chi connectivity index (χ1n) is 12.7. The van der Waals surface area contributed by atoms with Crippen LogP contribution in [0, 0.1) is 0 Å². The van der Waals surface area contributed by atoms with E-state index in [0.717, 1.165) is 53.6 Å². The topological polar surface area (TPSA) is 64.7 Å². The SMILES string of the molecule is CCCC(N)(CCC)c1ccc(CC(N=C(c2ccccc2)c2ccccc2)C(=O)OCC)cc1. The Bertz CT molecular complexity index is 1030. The van der Waals surface area contributed by atoms with Crippen LogP contribution >= 0.6 is 0 Å². The Morgan fingerprint density at radius 3 is 1.80 bits per heavy atom. The van der Waals surface area contributed by atoms with Crippen molar-refractivity contribution in [1.29, 1.82) is 0 Å². The molecule has 1 atom stereocenters. The average Bonchev–Trinajstić information content (AvgIpc) is 2.88. The normalized spacial score (nSPS) is 12.1. The van der Waals surface area contributed by atoms with Crippen molar-refractivity contribution in [2.75, 3.05) is 6.61 Å². The van der Waals surface area contributed by atoms with Crippen molar-refractivity contribution in [1.82, 2.24) is 0 Å². The molecule has 3 aromatic rings. The minimum absolute atomic E-state index is 0.311. The fourth-order valence-corrected chi connectivity index (χ4v) is 4.59. The maximum absolute atomic E-state index is 13.0. The van der Waals surface area contributed by atoms with Gasteiger partial charge in [0.25, 0.3) is 0 Å². The molecular weight excluding hydrogens is 432 g/mol. The van der Waals surface area contributed by atoms with Crippen molar-refractivity contribution in [2.24, 2.45) is 10.7 Å². The molecule has 1 unspecified atom stereocenters. The van der Waals surface area contributed by atoms with E-state index in [2.05, 4.69) is 38.1 Å². The van der Waals surface area contributed by atoms with Gasteiger partial charge >= 0.3 is 5.97 Å². The minimum Gasteiger partial charge on any atom is -0.464 e. The summed E-state index contributed by atoms with van der Waals surface area (Å²) in [6, 6.07) is 27.7. The lowest BCUT2D eigenvalue weighted by atomic mass is 9.82. The van der Waals surface area contributed by atoms with E-state index in [0.29, 0.717) is 13.0 Å². The van der Waals surface area contributed by atoms with Gasteiger partial charge in [-0.3, -0.25) is 4.99 Å². The number of ether oxygens (including phenoxy) is 1. The van der Waals surface area contributed by atoms with Crippen LogP contribution in [0.2, 0.25) is 0 Å². The van der Waals surface area contributed by atoms with E-state index in [9.17, 15) is 4.79 Å². The summed E-state index contributed by atoms with van der Waals surface area (Å²) in [5.74, 6) is -0.314. The third kappa shape index (κ3) is 7.12. The van der Waals surface area contributed by atoms with Gasteiger partial charge in [-0.15, -0.1) is 0 Å². The van der Waals surface area contributed by atoms with Gasteiger partial charge in [-0.1, -0.05) is 112 Å². The van der Waals surface area contributed by atoms with E-state index in [4.69, 9.17) is 15.5 Å². The van der Waals surface area contributed by atoms with Crippen molar-refractivity contribution in [2.45, 2.75) is 64.5 Å². The Hall–Kier alpha value is -3.24. The van der Waals surface area contributed by atoms with Crippen LogP contribution in [0.15, 0.2) is 89.9 Å². The van der Waals surface area contributed by atoms with Crippen LogP contribution in [0.5, 0.6) is 0 Å². The molecule has 35 heavy (non-hydrogen) atoms. The second-order valence-corrected chi connectivity index (χ2v) is 9.03. The molecular formula is C31H38N2O2. The molecule has 0 aliphatic rings. The molecule has 0 heterocycles. The fraction of sp³-hybridized carbons (Fsp3) is 0.355. The monoisotopic (exact) mass is 470 g/mol. The predicted molar refractivity (Wildman–Crippen MR) is 145 cm³/mol. The zero-order valence-electron chi connectivity index (χ0n) is 21.2. The second kappa shape index (κ2) is 13.0. The molecule has 0 amide bonds. The van der Waals surface area contributed by atoms with Gasteiger partial charge in [0.2, 0.25) is 0 Å². The Morgan fingerprint density at radius 2 is 1.34 bits per heavy atom. The zero-order chi connectivity index (χ0) is 25.1. The lowest BCUT2D eigenvalue weighted by Crippen LogP contribution is -2.36. The van der Waals surface area contributed by atoms with E-state index in [-0.39, 0.29) is 11.5 Å². The molecule has 3 aromatic carbocycles. The van der Waals surface area contributed by atoms with Gasteiger partial charge in [0, 0.05) is 23.1 Å². The van der Waals surface area contributed by atoms with E-state index >= 15 is 0 Å². The number of aliphatic imine (C=N–C) groups is 1. The number of nitrogens with two attached hydrogens (primary N) is 1. The summed E-state index contributed by atoms with van der Waals surface area (Å²) in [6.07, 6.45) is 4.45. The molecule has 3 rings (SSSR count). The van der Waals surface area contributed by atoms with Crippen molar-refractivity contribution in [3.05, 3.63) is 107 Å². The third-order valence-corrected chi connectivity index (χ3v) is 6.29. The Balaban J connectivity index is 1.96. The van der Waals surface area contributed by atoms with Crippen LogP contribution in [0.3, 0.4) is 0 Å². The summed E-state index contributed by atoms with van der Waals surface area (Å²) in [5, 5.41) is 0. The maximum Gasteiger partial charge on any atom is 0.331 e. The van der Waals surface area contributed by atoms with Crippen LogP contribution in [0.1, 0.15) is 68.7 Å². The Labute approximate surface area is 210 Å². The predicted octanol–water partition coefficient (Wildman–Crippen LogP) is 6.45. The standard InChI is InChI=1S/C31H38N2O2/c1-4-21-31(32,22-5-2)27-19-17-24(18-20-27)23-28(30(34)35-6-3)33-29(25-13-9-7-10-14-25)26-15-11-8-12-16-26/h7-20,28H,4-6,21-23,32H2,1-3H3. The van der Waals surface area contributed by atoms with Gasteiger partial charge in [0.1, 0.15) is 0 Å². The highest BCUT2D eigenvalue weighted by atomic mass is 16.5. The highest BCUT2D eigenvalue weighted by Gasteiger charge is 2.26. The molecule has 0 fully saturated rings. The summed E-state index contributed by atoms with van der Waals surface area (Å²) in [7, 11) is 0. The number of nitrogens with zero attached hydrogens (tertiary/aromatic N) is 1. The van der Waals surface area contributed by atoms with Gasteiger partial charge in [-0.25, -0.2) is 4.79 Å². The molecule has 4 nitrogen and oxygen atoms in total. The quantitative estimate of drug-likeness (QED) is 0.244. The molecule has 0 radical (unpaired) electrons. The van der Waals surface area contributed by atoms with Gasteiger partial charge in [0.05, 0.1) is 12.3 Å². The Kier molecular flexibility index (Phi) is 9.80. The second-order valence-electron chi connectivity index (χ2n) is 9.03. The van der Waals surface area contributed by atoms with Crippen LogP contribution in [0.4, 0.5) is 0 Å². The number of carbonyl (C=O) groups is 1. The zero-order valence-corrected chi connectivity index (χ0v) is 21.2. The number of rotatable bonds is 12. The summed E-state index contributed by atoms with van der Waals surface area (Å²) >= 11 is 0. The average molecular weight is 471 g/mol. The molecule has 2 N–H and O–H groups in total. The lowest BCUT2D eigenvalue weighted by Gasteiger charge is -2.30. The van der Waals surface area contributed by atoms with Crippen LogP contribution in [-0.2, 0) is 21.5 Å². The smallest absolute Gasteiger partial charge is 0.331 e.